The Kier molecular flexibility index (Phi) is 5.87. The minimum absolute atomic E-state index is 0.00668. The van der Waals surface area contributed by atoms with Crippen molar-refractivity contribution in [2.45, 2.75) is 37.4 Å². The van der Waals surface area contributed by atoms with E-state index in [-0.39, 0.29) is 24.2 Å². The Balaban J connectivity index is 1.09. The smallest absolute Gasteiger partial charge is 0.262 e. The number of likely N-dealkylation sites (tertiary alicyclic amines) is 1. The molecular weight excluding hydrogens is 436 g/mol. The number of carbonyl (C=O) groups excluding carboxylic acids is 4. The van der Waals surface area contributed by atoms with Crippen LogP contribution in [0.1, 0.15) is 56.8 Å². The number of fused-ring (bicyclic) bond motifs is 1. The van der Waals surface area contributed by atoms with Crippen LogP contribution in [0.25, 0.3) is 0 Å². The molecule has 1 N–H and O–H groups in total. The number of benzene rings is 1. The van der Waals surface area contributed by atoms with E-state index in [0.29, 0.717) is 36.3 Å². The summed E-state index contributed by atoms with van der Waals surface area (Å²) in [4.78, 5) is 56.8. The van der Waals surface area contributed by atoms with E-state index in [9.17, 15) is 19.2 Å². The van der Waals surface area contributed by atoms with Gasteiger partial charge in [-0.15, -0.1) is 0 Å². The van der Waals surface area contributed by atoms with Gasteiger partial charge in [-0.3, -0.25) is 29.1 Å². The molecule has 176 valence electrons. The highest BCUT2D eigenvalue weighted by Gasteiger charge is 2.43. The van der Waals surface area contributed by atoms with Gasteiger partial charge in [0.1, 0.15) is 6.54 Å². The molecular formula is C25H26N4O5. The van der Waals surface area contributed by atoms with Crippen LogP contribution in [0, 0.1) is 0 Å². The highest BCUT2D eigenvalue weighted by molar-refractivity contribution is 6.22. The number of piperidine rings is 1. The largest absolute Gasteiger partial charge is 0.370 e. The number of carbonyl (C=O) groups is 4. The average Bonchev–Trinajstić information content (AvgIpc) is 3.37. The van der Waals surface area contributed by atoms with Gasteiger partial charge in [0, 0.05) is 37.6 Å². The first-order chi connectivity index (χ1) is 16.5. The lowest BCUT2D eigenvalue weighted by Crippen LogP contribution is -2.47. The first kappa shape index (κ1) is 22.2. The van der Waals surface area contributed by atoms with Crippen LogP contribution in [0.2, 0.25) is 0 Å². The van der Waals surface area contributed by atoms with Gasteiger partial charge in [-0.25, -0.2) is 0 Å². The van der Waals surface area contributed by atoms with E-state index >= 15 is 0 Å². The van der Waals surface area contributed by atoms with E-state index in [1.54, 1.807) is 48.8 Å². The molecule has 3 aliphatic rings. The van der Waals surface area contributed by atoms with E-state index in [2.05, 4.69) is 10.3 Å². The van der Waals surface area contributed by atoms with Gasteiger partial charge in [0.25, 0.3) is 17.7 Å². The maximum absolute atomic E-state index is 12.7. The number of amides is 4. The number of hydrogen-bond donors (Lipinski definition) is 1. The molecule has 9 nitrogen and oxygen atoms in total. The Morgan fingerprint density at radius 1 is 1.00 bits per heavy atom. The van der Waals surface area contributed by atoms with Crippen molar-refractivity contribution in [3.05, 3.63) is 65.5 Å². The normalized spacial score (nSPS) is 21.1. The lowest BCUT2D eigenvalue weighted by molar-refractivity contribution is -0.123. The number of hydrogen-bond acceptors (Lipinski definition) is 6. The van der Waals surface area contributed by atoms with Crippen LogP contribution >= 0.6 is 0 Å². The molecule has 5 rings (SSSR count). The monoisotopic (exact) mass is 462 g/mol. The number of nitrogens with zero attached hydrogens (tertiary/aromatic N) is 3. The van der Waals surface area contributed by atoms with Gasteiger partial charge >= 0.3 is 0 Å². The summed E-state index contributed by atoms with van der Waals surface area (Å²) in [5.74, 6) is -1.27. The molecule has 2 saturated heterocycles. The third-order valence-corrected chi connectivity index (χ3v) is 6.93. The van der Waals surface area contributed by atoms with Gasteiger partial charge in [-0.05, 0) is 49.9 Å². The van der Waals surface area contributed by atoms with Crippen molar-refractivity contribution in [1.82, 2.24) is 20.1 Å². The molecule has 4 amide bonds. The Bertz CT molecular complexity index is 1090. The Labute approximate surface area is 197 Å². The second-order valence-corrected chi connectivity index (χ2v) is 9.04. The molecule has 34 heavy (non-hydrogen) atoms. The van der Waals surface area contributed by atoms with E-state index in [1.165, 1.54) is 0 Å². The van der Waals surface area contributed by atoms with Crippen molar-refractivity contribution in [1.29, 1.82) is 0 Å². The van der Waals surface area contributed by atoms with Crippen molar-refractivity contribution in [3.63, 3.8) is 0 Å². The predicted molar refractivity (Wildman–Crippen MR) is 121 cm³/mol. The second-order valence-electron chi connectivity index (χ2n) is 9.04. The summed E-state index contributed by atoms with van der Waals surface area (Å²) in [6.07, 6.45) is 6.30. The summed E-state index contributed by atoms with van der Waals surface area (Å²) in [6.45, 7) is 1.26. The molecule has 0 radical (unpaired) electrons. The van der Waals surface area contributed by atoms with Gasteiger partial charge in [-0.2, -0.15) is 0 Å². The number of rotatable bonds is 5. The van der Waals surface area contributed by atoms with Crippen molar-refractivity contribution in [2.24, 2.45) is 0 Å². The van der Waals surface area contributed by atoms with E-state index in [1.807, 2.05) is 4.90 Å². The van der Waals surface area contributed by atoms with Crippen LogP contribution in [-0.4, -0.2) is 76.3 Å². The third-order valence-electron chi connectivity index (χ3n) is 6.93. The maximum atomic E-state index is 12.7. The molecule has 1 spiro atoms. The van der Waals surface area contributed by atoms with Crippen molar-refractivity contribution in [3.8, 4) is 0 Å². The molecule has 9 heteroatoms. The van der Waals surface area contributed by atoms with Crippen LogP contribution in [0.5, 0.6) is 0 Å². The fourth-order valence-electron chi connectivity index (χ4n) is 5.01. The first-order valence-corrected chi connectivity index (χ1v) is 11.5. The highest BCUT2D eigenvalue weighted by Crippen LogP contribution is 2.39. The highest BCUT2D eigenvalue weighted by atomic mass is 16.5. The molecule has 4 heterocycles. The summed E-state index contributed by atoms with van der Waals surface area (Å²) in [5, 5.41) is 2.81. The van der Waals surface area contributed by atoms with Crippen molar-refractivity contribution >= 4 is 23.6 Å². The Hall–Kier alpha value is -3.59. The molecule has 2 aromatic rings. The van der Waals surface area contributed by atoms with Gasteiger partial charge in [-0.1, -0.05) is 12.1 Å². The van der Waals surface area contributed by atoms with Crippen LogP contribution in [0.4, 0.5) is 0 Å². The SMILES string of the molecule is O=C(CN1C(=O)c2ccccc2C1=O)NCC1CCC2(CCN(C(=O)c3ccncc3)CC2)O1. The lowest BCUT2D eigenvalue weighted by Gasteiger charge is -2.39. The van der Waals surface area contributed by atoms with Crippen LogP contribution in [-0.2, 0) is 9.53 Å². The molecule has 3 aliphatic heterocycles. The quantitative estimate of drug-likeness (QED) is 0.677. The molecule has 1 aromatic heterocycles. The zero-order valence-corrected chi connectivity index (χ0v) is 18.7. The van der Waals surface area contributed by atoms with E-state index < -0.39 is 17.7 Å². The second kappa shape index (κ2) is 8.98. The van der Waals surface area contributed by atoms with Gasteiger partial charge in [0.05, 0.1) is 22.8 Å². The van der Waals surface area contributed by atoms with Gasteiger partial charge in [0.2, 0.25) is 5.91 Å². The lowest BCUT2D eigenvalue weighted by atomic mass is 9.88. The van der Waals surface area contributed by atoms with E-state index in [4.69, 9.17) is 4.74 Å². The number of nitrogens with one attached hydrogen (secondary N) is 1. The topological polar surface area (TPSA) is 109 Å². The molecule has 0 aliphatic carbocycles. The van der Waals surface area contributed by atoms with Crippen LogP contribution in [0.3, 0.4) is 0 Å². The molecule has 0 bridgehead atoms. The number of pyridine rings is 1. The fourth-order valence-corrected chi connectivity index (χ4v) is 5.01. The summed E-state index contributed by atoms with van der Waals surface area (Å²) < 4.78 is 6.33. The zero-order valence-electron chi connectivity index (χ0n) is 18.7. The molecule has 2 fully saturated rings. The van der Waals surface area contributed by atoms with Crippen molar-refractivity contribution in [2.75, 3.05) is 26.2 Å². The zero-order chi connectivity index (χ0) is 23.7. The van der Waals surface area contributed by atoms with Crippen molar-refractivity contribution < 1.29 is 23.9 Å². The standard InChI is InChI=1S/C25H26N4O5/c30-21(16-29-23(32)19-3-1-2-4-20(19)24(29)33)27-15-18-5-8-25(34-18)9-13-28(14-10-25)22(31)17-6-11-26-12-7-17/h1-4,6-7,11-12,18H,5,8-10,13-16H2,(H,27,30). The molecule has 0 saturated carbocycles. The molecule has 1 unspecified atom stereocenters. The minimum atomic E-state index is -0.445. The number of aromatic nitrogens is 1. The van der Waals surface area contributed by atoms with Crippen LogP contribution in [0.15, 0.2) is 48.8 Å². The van der Waals surface area contributed by atoms with E-state index in [0.717, 1.165) is 30.6 Å². The van der Waals surface area contributed by atoms with Crippen LogP contribution < -0.4 is 5.32 Å². The predicted octanol–water partition coefficient (Wildman–Crippen LogP) is 1.65. The maximum Gasteiger partial charge on any atom is 0.262 e. The Morgan fingerprint density at radius 3 is 2.29 bits per heavy atom. The molecule has 1 atom stereocenters. The number of ether oxygens (including phenoxy) is 1. The first-order valence-electron chi connectivity index (χ1n) is 11.5. The Morgan fingerprint density at radius 2 is 1.65 bits per heavy atom. The molecule has 1 aromatic carbocycles. The van der Waals surface area contributed by atoms with Gasteiger partial charge < -0.3 is 15.0 Å². The third kappa shape index (κ3) is 4.19. The summed E-state index contributed by atoms with van der Waals surface area (Å²) in [6, 6.07) is 10.0. The minimum Gasteiger partial charge on any atom is -0.370 e. The summed E-state index contributed by atoms with van der Waals surface area (Å²) in [5.41, 5.74) is 1.02. The number of imide groups is 1. The average molecular weight is 463 g/mol. The fraction of sp³-hybridized carbons (Fsp3) is 0.400. The summed E-state index contributed by atoms with van der Waals surface area (Å²) >= 11 is 0. The summed E-state index contributed by atoms with van der Waals surface area (Å²) in [7, 11) is 0. The van der Waals surface area contributed by atoms with Gasteiger partial charge in [0.15, 0.2) is 0 Å².